The van der Waals surface area contributed by atoms with Crippen LogP contribution in [-0.4, -0.2) is 0 Å². The molecule has 0 aromatic rings. The third kappa shape index (κ3) is 1.57. The molecule has 0 heteroatoms. The van der Waals surface area contributed by atoms with E-state index in [0.717, 1.165) is 11.8 Å². The first-order chi connectivity index (χ1) is 4.20. The van der Waals surface area contributed by atoms with Crippen molar-refractivity contribution in [1.29, 1.82) is 0 Å². The minimum atomic E-state index is 0.818. The maximum Gasteiger partial charge on any atom is -0.0234 e. The molecule has 2 unspecified atom stereocenters. The van der Waals surface area contributed by atoms with Crippen molar-refractivity contribution in [2.75, 3.05) is 0 Å². The molecule has 0 N–H and O–H groups in total. The van der Waals surface area contributed by atoms with Crippen LogP contribution >= 0.6 is 0 Å². The first kappa shape index (κ1) is 6.85. The van der Waals surface area contributed by atoms with Crippen molar-refractivity contribution in [2.45, 2.75) is 33.6 Å². The van der Waals surface area contributed by atoms with Crippen molar-refractivity contribution in [3.05, 3.63) is 11.6 Å². The van der Waals surface area contributed by atoms with Crippen LogP contribution in [0.3, 0.4) is 0 Å². The molecule has 0 fully saturated rings. The summed E-state index contributed by atoms with van der Waals surface area (Å²) in [6.07, 6.45) is 5.13. The lowest BCUT2D eigenvalue weighted by Gasteiger charge is -2.22. The van der Waals surface area contributed by atoms with Gasteiger partial charge in [-0.3, -0.25) is 0 Å². The van der Waals surface area contributed by atoms with E-state index in [1.54, 1.807) is 5.57 Å². The summed E-state index contributed by atoms with van der Waals surface area (Å²) in [5.41, 5.74) is 1.58. The lowest BCUT2D eigenvalue weighted by atomic mass is 9.84. The lowest BCUT2D eigenvalue weighted by molar-refractivity contribution is 0.404. The zero-order valence-electron chi connectivity index (χ0n) is 6.65. The topological polar surface area (TPSA) is 0 Å². The first-order valence-corrected chi connectivity index (χ1v) is 3.87. The Morgan fingerprint density at radius 2 is 2.11 bits per heavy atom. The maximum atomic E-state index is 2.41. The van der Waals surface area contributed by atoms with Gasteiger partial charge in [0.25, 0.3) is 0 Å². The van der Waals surface area contributed by atoms with Gasteiger partial charge in [0.15, 0.2) is 0 Å². The Labute approximate surface area is 58.0 Å². The molecule has 0 aliphatic heterocycles. The largest absolute Gasteiger partial charge is 0.0825 e. The minimum Gasteiger partial charge on any atom is -0.0825 e. The second kappa shape index (κ2) is 2.55. The van der Waals surface area contributed by atoms with Gasteiger partial charge in [-0.05, 0) is 31.6 Å². The molecule has 0 nitrogen and oxygen atoms in total. The normalized spacial score (nSPS) is 36.1. The van der Waals surface area contributed by atoms with Gasteiger partial charge >= 0.3 is 0 Å². The highest BCUT2D eigenvalue weighted by atomic mass is 14.2. The summed E-state index contributed by atoms with van der Waals surface area (Å²) in [6.45, 7) is 6.89. The van der Waals surface area contributed by atoms with Gasteiger partial charge in [0.05, 0.1) is 0 Å². The molecule has 0 saturated heterocycles. The first-order valence-electron chi connectivity index (χ1n) is 3.87. The van der Waals surface area contributed by atoms with E-state index in [0.29, 0.717) is 0 Å². The van der Waals surface area contributed by atoms with Crippen LogP contribution in [0.5, 0.6) is 0 Å². The Hall–Kier alpha value is -0.260. The van der Waals surface area contributed by atoms with Crippen molar-refractivity contribution in [3.8, 4) is 0 Å². The van der Waals surface area contributed by atoms with Crippen LogP contribution in [0.2, 0.25) is 0 Å². The summed E-state index contributed by atoms with van der Waals surface area (Å²) < 4.78 is 0. The van der Waals surface area contributed by atoms with E-state index in [2.05, 4.69) is 26.8 Å². The highest BCUT2D eigenvalue weighted by molar-refractivity contribution is 5.05. The van der Waals surface area contributed by atoms with Crippen molar-refractivity contribution >= 4 is 0 Å². The van der Waals surface area contributed by atoms with Gasteiger partial charge in [0.2, 0.25) is 0 Å². The highest BCUT2D eigenvalue weighted by Crippen LogP contribution is 2.27. The van der Waals surface area contributed by atoms with Gasteiger partial charge in [-0.25, -0.2) is 0 Å². The number of hydrogen-bond acceptors (Lipinski definition) is 0. The smallest absolute Gasteiger partial charge is 0.0234 e. The molecule has 1 aliphatic rings. The molecule has 0 radical (unpaired) electrons. The fourth-order valence-electron chi connectivity index (χ4n) is 1.41. The highest BCUT2D eigenvalue weighted by Gasteiger charge is 2.14. The van der Waals surface area contributed by atoms with Crippen molar-refractivity contribution in [3.63, 3.8) is 0 Å². The standard InChI is InChI=1S/C9H16/c1-7-4-5-8(2)9(3)6-7/h6,8-9H,4-5H2,1-3H3. The Kier molecular flexibility index (Phi) is 1.94. The fourth-order valence-corrected chi connectivity index (χ4v) is 1.41. The van der Waals surface area contributed by atoms with Crippen LogP contribution in [-0.2, 0) is 0 Å². The summed E-state index contributed by atoms with van der Waals surface area (Å²) >= 11 is 0. The third-order valence-corrected chi connectivity index (χ3v) is 2.44. The molecule has 0 spiro atoms. The SMILES string of the molecule is CC1=CC(C)C(C)CC1. The van der Waals surface area contributed by atoms with Crippen LogP contribution in [0.15, 0.2) is 11.6 Å². The van der Waals surface area contributed by atoms with Crippen molar-refractivity contribution < 1.29 is 0 Å². The lowest BCUT2D eigenvalue weighted by Crippen LogP contribution is -2.10. The van der Waals surface area contributed by atoms with Crippen LogP contribution < -0.4 is 0 Å². The molecule has 0 aromatic carbocycles. The Balaban J connectivity index is 2.58. The van der Waals surface area contributed by atoms with E-state index in [1.807, 2.05) is 0 Å². The van der Waals surface area contributed by atoms with Gasteiger partial charge in [-0.2, -0.15) is 0 Å². The molecule has 0 saturated carbocycles. The Bertz CT molecular complexity index is 122. The molecule has 1 rings (SSSR count). The van der Waals surface area contributed by atoms with E-state index in [1.165, 1.54) is 12.8 Å². The molecule has 0 heterocycles. The summed E-state index contributed by atoms with van der Waals surface area (Å²) in [4.78, 5) is 0. The average molecular weight is 124 g/mol. The zero-order valence-corrected chi connectivity index (χ0v) is 6.65. The van der Waals surface area contributed by atoms with Gasteiger partial charge in [-0.1, -0.05) is 25.5 Å². The molecule has 1 aliphatic carbocycles. The predicted molar refractivity (Wildman–Crippen MR) is 41.3 cm³/mol. The van der Waals surface area contributed by atoms with Gasteiger partial charge < -0.3 is 0 Å². The Morgan fingerprint density at radius 1 is 1.44 bits per heavy atom. The molecule has 0 amide bonds. The zero-order chi connectivity index (χ0) is 6.85. The molecule has 2 atom stereocenters. The second-order valence-corrected chi connectivity index (χ2v) is 3.39. The molecular weight excluding hydrogens is 108 g/mol. The minimum absolute atomic E-state index is 0.818. The monoisotopic (exact) mass is 124 g/mol. The number of rotatable bonds is 0. The van der Waals surface area contributed by atoms with Gasteiger partial charge in [0.1, 0.15) is 0 Å². The molecular formula is C9H16. The molecule has 52 valence electrons. The fraction of sp³-hybridized carbons (Fsp3) is 0.778. The maximum absolute atomic E-state index is 2.41. The summed E-state index contributed by atoms with van der Waals surface area (Å²) in [7, 11) is 0. The number of hydrogen-bond donors (Lipinski definition) is 0. The van der Waals surface area contributed by atoms with Gasteiger partial charge in [0, 0.05) is 0 Å². The third-order valence-electron chi connectivity index (χ3n) is 2.44. The quantitative estimate of drug-likeness (QED) is 0.435. The number of allylic oxidation sites excluding steroid dienone is 2. The van der Waals surface area contributed by atoms with Crippen LogP contribution in [0.4, 0.5) is 0 Å². The second-order valence-electron chi connectivity index (χ2n) is 3.39. The van der Waals surface area contributed by atoms with E-state index < -0.39 is 0 Å². The van der Waals surface area contributed by atoms with Crippen molar-refractivity contribution in [2.24, 2.45) is 11.8 Å². The van der Waals surface area contributed by atoms with Crippen LogP contribution in [0.1, 0.15) is 33.6 Å². The summed E-state index contributed by atoms with van der Waals surface area (Å²) in [6, 6.07) is 0. The van der Waals surface area contributed by atoms with E-state index >= 15 is 0 Å². The summed E-state index contributed by atoms with van der Waals surface area (Å²) in [5.74, 6) is 1.73. The van der Waals surface area contributed by atoms with E-state index in [-0.39, 0.29) is 0 Å². The van der Waals surface area contributed by atoms with Gasteiger partial charge in [-0.15, -0.1) is 0 Å². The van der Waals surface area contributed by atoms with Crippen LogP contribution in [0.25, 0.3) is 0 Å². The van der Waals surface area contributed by atoms with Crippen molar-refractivity contribution in [1.82, 2.24) is 0 Å². The average Bonchev–Trinajstić information content (AvgIpc) is 1.80. The van der Waals surface area contributed by atoms with E-state index in [9.17, 15) is 0 Å². The predicted octanol–water partition coefficient (Wildman–Crippen LogP) is 3.00. The Morgan fingerprint density at radius 3 is 2.56 bits per heavy atom. The molecule has 9 heavy (non-hydrogen) atoms. The van der Waals surface area contributed by atoms with Crippen LogP contribution in [0, 0.1) is 11.8 Å². The molecule has 0 bridgehead atoms. The molecule has 0 aromatic heterocycles. The van der Waals surface area contributed by atoms with E-state index in [4.69, 9.17) is 0 Å². The summed E-state index contributed by atoms with van der Waals surface area (Å²) in [5, 5.41) is 0.